The van der Waals surface area contributed by atoms with Gasteiger partial charge in [0.2, 0.25) is 0 Å². The minimum Gasteiger partial charge on any atom is -0.375 e. The van der Waals surface area contributed by atoms with Gasteiger partial charge in [0.25, 0.3) is 0 Å². The van der Waals surface area contributed by atoms with Crippen LogP contribution in [0.25, 0.3) is 0 Å². The average Bonchev–Trinajstić information content (AvgIpc) is 2.88. The number of nitrogens with zero attached hydrogens (tertiary/aromatic N) is 1. The number of aldehydes is 1. The third kappa shape index (κ3) is 2.73. The van der Waals surface area contributed by atoms with Crippen LogP contribution < -0.4 is 0 Å². The first-order valence-corrected chi connectivity index (χ1v) is 8.04. The zero-order chi connectivity index (χ0) is 13.3. The van der Waals surface area contributed by atoms with Gasteiger partial charge in [-0.2, -0.15) is 0 Å². The molecule has 1 heterocycles. The number of carbonyl (C=O) groups is 1. The molecule has 3 aliphatic rings. The summed E-state index contributed by atoms with van der Waals surface area (Å²) in [6.07, 6.45) is 10.2. The Hall–Kier alpha value is -0.410. The van der Waals surface area contributed by atoms with Gasteiger partial charge in [0.05, 0.1) is 12.7 Å². The number of rotatable bonds is 3. The van der Waals surface area contributed by atoms with Gasteiger partial charge in [0, 0.05) is 24.5 Å². The summed E-state index contributed by atoms with van der Waals surface area (Å²) in [7, 11) is 0. The van der Waals surface area contributed by atoms with E-state index in [1.54, 1.807) is 0 Å². The van der Waals surface area contributed by atoms with E-state index in [0.29, 0.717) is 18.1 Å². The maximum atomic E-state index is 11.7. The van der Waals surface area contributed by atoms with Crippen LogP contribution in [-0.2, 0) is 9.53 Å². The molecule has 0 amide bonds. The Morgan fingerprint density at radius 2 is 2.21 bits per heavy atom. The predicted molar refractivity (Wildman–Crippen MR) is 75.1 cm³/mol. The molecule has 3 heteroatoms. The molecule has 1 saturated heterocycles. The van der Waals surface area contributed by atoms with Crippen LogP contribution in [0.2, 0.25) is 0 Å². The van der Waals surface area contributed by atoms with E-state index in [0.717, 1.165) is 32.5 Å². The number of carbonyl (C=O) groups excluding carboxylic acids is 1. The third-order valence-corrected chi connectivity index (χ3v) is 5.49. The monoisotopic (exact) mass is 265 g/mol. The normalized spacial score (nSPS) is 43.9. The molecule has 108 valence electrons. The van der Waals surface area contributed by atoms with E-state index in [4.69, 9.17) is 4.74 Å². The first kappa shape index (κ1) is 13.6. The van der Waals surface area contributed by atoms with Crippen molar-refractivity contribution >= 4 is 6.29 Å². The molecule has 0 aromatic heterocycles. The highest BCUT2D eigenvalue weighted by atomic mass is 16.5. The lowest BCUT2D eigenvalue weighted by atomic mass is 9.70. The van der Waals surface area contributed by atoms with Gasteiger partial charge in [-0.05, 0) is 38.0 Å². The lowest BCUT2D eigenvalue weighted by Crippen LogP contribution is -2.53. The maximum absolute atomic E-state index is 11.7. The Morgan fingerprint density at radius 3 is 3.00 bits per heavy atom. The molecular weight excluding hydrogens is 238 g/mol. The molecule has 3 fully saturated rings. The molecule has 0 spiro atoms. The Morgan fingerprint density at radius 1 is 1.32 bits per heavy atom. The van der Waals surface area contributed by atoms with Gasteiger partial charge in [-0.1, -0.05) is 19.8 Å². The summed E-state index contributed by atoms with van der Waals surface area (Å²) in [6, 6.07) is 0.586. The minimum absolute atomic E-state index is 0.0673. The molecule has 4 unspecified atom stereocenters. The largest absolute Gasteiger partial charge is 0.375 e. The van der Waals surface area contributed by atoms with E-state index >= 15 is 0 Å². The molecule has 3 nitrogen and oxygen atoms in total. The van der Waals surface area contributed by atoms with Gasteiger partial charge in [-0.3, -0.25) is 4.90 Å². The van der Waals surface area contributed by atoms with Crippen molar-refractivity contribution in [1.29, 1.82) is 0 Å². The van der Waals surface area contributed by atoms with E-state index in [9.17, 15) is 4.79 Å². The fraction of sp³-hybridized carbons (Fsp3) is 0.938. The molecule has 19 heavy (non-hydrogen) atoms. The van der Waals surface area contributed by atoms with Crippen LogP contribution >= 0.6 is 0 Å². The topological polar surface area (TPSA) is 29.5 Å². The van der Waals surface area contributed by atoms with Gasteiger partial charge in [-0.15, -0.1) is 0 Å². The smallest absolute Gasteiger partial charge is 0.127 e. The summed E-state index contributed by atoms with van der Waals surface area (Å²) in [6.45, 7) is 5.15. The summed E-state index contributed by atoms with van der Waals surface area (Å²) in [5.41, 5.74) is -0.0673. The Balaban J connectivity index is 1.69. The molecule has 2 aliphatic carbocycles. The lowest BCUT2D eigenvalue weighted by molar-refractivity contribution is -0.124. The lowest BCUT2D eigenvalue weighted by Gasteiger charge is -2.44. The van der Waals surface area contributed by atoms with Crippen LogP contribution in [0.15, 0.2) is 0 Å². The van der Waals surface area contributed by atoms with E-state index in [2.05, 4.69) is 11.8 Å². The molecule has 0 radical (unpaired) electrons. The quantitative estimate of drug-likeness (QED) is 0.735. The van der Waals surface area contributed by atoms with Gasteiger partial charge in [-0.25, -0.2) is 0 Å². The Kier molecular flexibility index (Phi) is 3.95. The van der Waals surface area contributed by atoms with Crippen molar-refractivity contribution in [2.75, 3.05) is 19.7 Å². The molecule has 2 saturated carbocycles. The van der Waals surface area contributed by atoms with Gasteiger partial charge >= 0.3 is 0 Å². The highest BCUT2D eigenvalue weighted by Gasteiger charge is 2.42. The molecule has 0 aromatic carbocycles. The van der Waals surface area contributed by atoms with E-state index in [1.165, 1.54) is 38.4 Å². The Bertz CT molecular complexity index is 333. The molecule has 3 rings (SSSR count). The van der Waals surface area contributed by atoms with Crippen molar-refractivity contribution in [3.8, 4) is 0 Å². The molecule has 0 N–H and O–H groups in total. The number of morpholine rings is 1. The summed E-state index contributed by atoms with van der Waals surface area (Å²) in [4.78, 5) is 14.3. The van der Waals surface area contributed by atoms with E-state index in [-0.39, 0.29) is 5.41 Å². The molecule has 0 bridgehead atoms. The van der Waals surface area contributed by atoms with Crippen LogP contribution in [0, 0.1) is 11.3 Å². The van der Waals surface area contributed by atoms with Crippen LogP contribution in [0.5, 0.6) is 0 Å². The van der Waals surface area contributed by atoms with Crippen molar-refractivity contribution in [3.05, 3.63) is 0 Å². The number of hydrogen-bond donors (Lipinski definition) is 0. The standard InChI is InChI=1S/C16H27NO2/c1-13-4-3-7-16(10-13,12-18)11-17-8-9-19-15-6-2-5-14(15)17/h12-15H,2-11H2,1H3. The van der Waals surface area contributed by atoms with Crippen molar-refractivity contribution < 1.29 is 9.53 Å². The highest BCUT2D eigenvalue weighted by molar-refractivity contribution is 5.60. The van der Waals surface area contributed by atoms with Crippen molar-refractivity contribution in [1.82, 2.24) is 4.90 Å². The van der Waals surface area contributed by atoms with Crippen LogP contribution in [-0.4, -0.2) is 43.0 Å². The summed E-state index contributed by atoms with van der Waals surface area (Å²) in [5.74, 6) is 0.708. The molecular formula is C16H27NO2. The second-order valence-corrected chi connectivity index (χ2v) is 7.06. The van der Waals surface area contributed by atoms with Crippen molar-refractivity contribution in [3.63, 3.8) is 0 Å². The van der Waals surface area contributed by atoms with Gasteiger partial charge in [0.1, 0.15) is 6.29 Å². The van der Waals surface area contributed by atoms with E-state index < -0.39 is 0 Å². The SMILES string of the molecule is CC1CCCC(C=O)(CN2CCOC3CCCC32)C1. The molecule has 0 aromatic rings. The minimum atomic E-state index is -0.0673. The second-order valence-electron chi connectivity index (χ2n) is 7.06. The zero-order valence-electron chi connectivity index (χ0n) is 12.1. The number of hydrogen-bond acceptors (Lipinski definition) is 3. The first-order valence-electron chi connectivity index (χ1n) is 8.04. The maximum Gasteiger partial charge on any atom is 0.127 e. The highest BCUT2D eigenvalue weighted by Crippen LogP contribution is 2.40. The van der Waals surface area contributed by atoms with E-state index in [1.807, 2.05) is 0 Å². The summed E-state index contributed by atoms with van der Waals surface area (Å²) >= 11 is 0. The summed E-state index contributed by atoms with van der Waals surface area (Å²) in [5, 5.41) is 0. The van der Waals surface area contributed by atoms with Crippen LogP contribution in [0.3, 0.4) is 0 Å². The zero-order valence-corrected chi connectivity index (χ0v) is 12.1. The summed E-state index contributed by atoms with van der Waals surface area (Å²) < 4.78 is 5.88. The third-order valence-electron chi connectivity index (χ3n) is 5.49. The fourth-order valence-corrected chi connectivity index (χ4v) is 4.60. The second kappa shape index (κ2) is 5.53. The van der Waals surface area contributed by atoms with Crippen LogP contribution in [0.1, 0.15) is 51.9 Å². The molecule has 4 atom stereocenters. The van der Waals surface area contributed by atoms with Crippen molar-refractivity contribution in [2.24, 2.45) is 11.3 Å². The van der Waals surface area contributed by atoms with Crippen LogP contribution in [0.4, 0.5) is 0 Å². The van der Waals surface area contributed by atoms with Gasteiger partial charge in [0.15, 0.2) is 0 Å². The fourth-order valence-electron chi connectivity index (χ4n) is 4.60. The Labute approximate surface area is 116 Å². The van der Waals surface area contributed by atoms with Gasteiger partial charge < -0.3 is 9.53 Å². The first-order chi connectivity index (χ1) is 9.22. The average molecular weight is 265 g/mol. The number of fused-ring (bicyclic) bond motifs is 1. The van der Waals surface area contributed by atoms with Crippen molar-refractivity contribution in [2.45, 2.75) is 64.0 Å². The number of ether oxygens (including phenoxy) is 1. The molecule has 1 aliphatic heterocycles. The predicted octanol–water partition coefficient (Wildman–Crippen LogP) is 2.64.